The monoisotopic (exact) mass is 396 g/mol. The predicted molar refractivity (Wildman–Crippen MR) is 98.1 cm³/mol. The van der Waals surface area contributed by atoms with E-state index >= 15 is 0 Å². The summed E-state index contributed by atoms with van der Waals surface area (Å²) in [4.78, 5) is 27.1. The first-order valence-electron chi connectivity index (χ1n) is 10.3. The van der Waals surface area contributed by atoms with Gasteiger partial charge in [0.25, 0.3) is 0 Å². The average molecular weight is 396 g/mol. The molecule has 10 atom stereocenters. The Morgan fingerprint density at radius 1 is 1.07 bits per heavy atom. The van der Waals surface area contributed by atoms with Gasteiger partial charge in [0.15, 0.2) is 0 Å². The van der Waals surface area contributed by atoms with E-state index in [1.165, 1.54) is 0 Å². The predicted octanol–water partition coefficient (Wildman–Crippen LogP) is 0.0655. The van der Waals surface area contributed by atoms with Crippen molar-refractivity contribution in [1.82, 2.24) is 0 Å². The second-order valence-electron chi connectivity index (χ2n) is 10.6. The van der Waals surface area contributed by atoms with Crippen LogP contribution in [0.5, 0.6) is 0 Å². The van der Waals surface area contributed by atoms with Crippen molar-refractivity contribution < 1.29 is 34.8 Å². The number of rotatable bonds is 0. The molecule has 0 aromatic heterocycles. The molecule has 1 aliphatic heterocycles. The summed E-state index contributed by atoms with van der Waals surface area (Å²) in [5.41, 5.74) is -5.81. The fourth-order valence-electron chi connectivity index (χ4n) is 6.96. The van der Waals surface area contributed by atoms with Crippen LogP contribution in [-0.4, -0.2) is 68.1 Å². The van der Waals surface area contributed by atoms with E-state index in [0.717, 1.165) is 0 Å². The molecule has 0 aromatic rings. The molecule has 4 fully saturated rings. The van der Waals surface area contributed by atoms with Crippen LogP contribution in [0, 0.1) is 34.5 Å². The molecule has 7 heteroatoms. The number of Topliss-reactive ketones (excluding diaryl/α,β-unsaturated/α-hetero) is 2. The van der Waals surface area contributed by atoms with Gasteiger partial charge in [0, 0.05) is 29.1 Å². The summed E-state index contributed by atoms with van der Waals surface area (Å²) in [5, 5.41) is 45.3. The highest BCUT2D eigenvalue weighted by molar-refractivity contribution is 6.40. The Bertz CT molecular complexity index is 734. The van der Waals surface area contributed by atoms with Crippen molar-refractivity contribution in [2.75, 3.05) is 6.61 Å². The van der Waals surface area contributed by atoms with E-state index in [0.29, 0.717) is 6.42 Å². The van der Waals surface area contributed by atoms with Gasteiger partial charge in [-0.15, -0.1) is 0 Å². The zero-order valence-electron chi connectivity index (χ0n) is 17.2. The molecule has 4 N–H and O–H groups in total. The average Bonchev–Trinajstić information content (AvgIpc) is 2.60. The van der Waals surface area contributed by atoms with Gasteiger partial charge in [-0.2, -0.15) is 0 Å². The van der Waals surface area contributed by atoms with Crippen LogP contribution in [0.4, 0.5) is 0 Å². The molecule has 28 heavy (non-hydrogen) atoms. The van der Waals surface area contributed by atoms with Crippen LogP contribution < -0.4 is 0 Å². The van der Waals surface area contributed by atoms with E-state index in [1.54, 1.807) is 27.7 Å². The quantitative estimate of drug-likeness (QED) is 0.427. The Balaban J connectivity index is 1.98. The minimum Gasteiger partial charge on any atom is -0.393 e. The molecule has 0 amide bonds. The number of fused-ring (bicyclic) bond motifs is 5. The maximum Gasteiger partial charge on any atom is 0.205 e. The highest BCUT2D eigenvalue weighted by atomic mass is 16.6. The van der Waals surface area contributed by atoms with E-state index in [1.807, 2.05) is 6.92 Å². The fraction of sp³-hybridized carbons (Fsp3) is 0.905. The lowest BCUT2D eigenvalue weighted by Gasteiger charge is -2.67. The first kappa shape index (κ1) is 20.4. The van der Waals surface area contributed by atoms with Gasteiger partial charge in [0.1, 0.15) is 5.60 Å². The SMILES string of the molecule is CC1C2C(=O)C(=O)[C@@]3(C)[C@H]([C@H](O)[C@](O)(C[C@@H]1O)C2(C)C)[C@]1(O)CO[C@@H]1C[C@@H]3C. The van der Waals surface area contributed by atoms with Crippen molar-refractivity contribution in [3.8, 4) is 0 Å². The largest absolute Gasteiger partial charge is 0.393 e. The highest BCUT2D eigenvalue weighted by Crippen LogP contribution is 2.63. The molecule has 0 radical (unpaired) electrons. The van der Waals surface area contributed by atoms with Gasteiger partial charge in [-0.05, 0) is 18.3 Å². The minimum atomic E-state index is -1.83. The van der Waals surface area contributed by atoms with Crippen LogP contribution in [-0.2, 0) is 14.3 Å². The van der Waals surface area contributed by atoms with E-state index in [9.17, 15) is 30.0 Å². The first-order chi connectivity index (χ1) is 12.7. The van der Waals surface area contributed by atoms with Gasteiger partial charge < -0.3 is 25.2 Å². The Kier molecular flexibility index (Phi) is 4.11. The van der Waals surface area contributed by atoms with Crippen LogP contribution in [0.1, 0.15) is 47.5 Å². The molecule has 1 saturated heterocycles. The van der Waals surface area contributed by atoms with Crippen LogP contribution in [0.3, 0.4) is 0 Å². The molecule has 4 aliphatic rings. The molecular weight excluding hydrogens is 364 g/mol. The van der Waals surface area contributed by atoms with E-state index in [-0.39, 0.29) is 18.9 Å². The molecule has 1 heterocycles. The lowest BCUT2D eigenvalue weighted by molar-refractivity contribution is -0.343. The summed E-state index contributed by atoms with van der Waals surface area (Å²) in [6, 6.07) is 0. The lowest BCUT2D eigenvalue weighted by Crippen LogP contribution is -2.80. The molecule has 2 bridgehead atoms. The van der Waals surface area contributed by atoms with Crippen molar-refractivity contribution >= 4 is 11.6 Å². The number of hydrogen-bond acceptors (Lipinski definition) is 7. The van der Waals surface area contributed by atoms with Crippen molar-refractivity contribution in [2.24, 2.45) is 34.5 Å². The Morgan fingerprint density at radius 3 is 2.21 bits per heavy atom. The van der Waals surface area contributed by atoms with Gasteiger partial charge in [-0.25, -0.2) is 0 Å². The molecule has 2 unspecified atom stereocenters. The second kappa shape index (κ2) is 5.64. The third-order valence-corrected chi connectivity index (χ3v) is 9.20. The topological polar surface area (TPSA) is 124 Å². The summed E-state index contributed by atoms with van der Waals surface area (Å²) in [6.07, 6.45) is -2.80. The fourth-order valence-corrected chi connectivity index (χ4v) is 6.96. The van der Waals surface area contributed by atoms with Gasteiger partial charge in [0.2, 0.25) is 11.6 Å². The summed E-state index contributed by atoms with van der Waals surface area (Å²) in [7, 11) is 0. The molecule has 3 saturated carbocycles. The maximum atomic E-state index is 13.6. The third-order valence-electron chi connectivity index (χ3n) is 9.20. The smallest absolute Gasteiger partial charge is 0.205 e. The first-order valence-corrected chi connectivity index (χ1v) is 10.3. The van der Waals surface area contributed by atoms with Crippen LogP contribution >= 0.6 is 0 Å². The van der Waals surface area contributed by atoms with E-state index < -0.39 is 69.7 Å². The Labute approximate surface area is 165 Å². The molecule has 0 aromatic carbocycles. The number of aliphatic hydroxyl groups is 4. The van der Waals surface area contributed by atoms with Crippen molar-refractivity contribution in [2.45, 2.75) is 77.0 Å². The summed E-state index contributed by atoms with van der Waals surface area (Å²) in [5.74, 6) is -4.07. The van der Waals surface area contributed by atoms with Gasteiger partial charge in [-0.3, -0.25) is 9.59 Å². The summed E-state index contributed by atoms with van der Waals surface area (Å²) < 4.78 is 5.52. The lowest BCUT2D eigenvalue weighted by atomic mass is 9.41. The third kappa shape index (κ3) is 2.02. The van der Waals surface area contributed by atoms with Crippen LogP contribution in [0.25, 0.3) is 0 Å². The van der Waals surface area contributed by atoms with Crippen molar-refractivity contribution in [3.63, 3.8) is 0 Å². The Hall–Kier alpha value is -0.860. The molecule has 158 valence electrons. The minimum absolute atomic E-state index is 0.0535. The second-order valence-corrected chi connectivity index (χ2v) is 10.6. The number of ether oxygens (including phenoxy) is 1. The zero-order chi connectivity index (χ0) is 21.0. The van der Waals surface area contributed by atoms with E-state index in [4.69, 9.17) is 4.74 Å². The van der Waals surface area contributed by atoms with Crippen LogP contribution in [0.2, 0.25) is 0 Å². The van der Waals surface area contributed by atoms with Crippen molar-refractivity contribution in [3.05, 3.63) is 0 Å². The van der Waals surface area contributed by atoms with E-state index in [2.05, 4.69) is 0 Å². The normalized spacial score (nSPS) is 58.1. The number of ketones is 2. The molecule has 3 aliphatic carbocycles. The van der Waals surface area contributed by atoms with Crippen molar-refractivity contribution in [1.29, 1.82) is 0 Å². The van der Waals surface area contributed by atoms with Gasteiger partial charge in [-0.1, -0.05) is 34.6 Å². The number of carbonyl (C=O) groups excluding carboxylic acids is 2. The number of carbonyl (C=O) groups is 2. The zero-order valence-corrected chi connectivity index (χ0v) is 17.2. The van der Waals surface area contributed by atoms with Gasteiger partial charge >= 0.3 is 0 Å². The molecule has 4 rings (SSSR count). The number of hydrogen-bond donors (Lipinski definition) is 4. The summed E-state index contributed by atoms with van der Waals surface area (Å²) in [6.45, 7) is 8.46. The standard InChI is InChI=1S/C21H32O7/c1-9-6-12-20(26,8-28-12)15-17(25)21(27)7-11(22)10(2)13(18(21,3)4)14(23)16(24)19(9,15)5/h9-13,15,17,22,25-27H,6-8H2,1-5H3/t9-,10?,11-,12+,13?,15-,17-,19+,20-,21+/m0/s1. The molecule has 7 nitrogen and oxygen atoms in total. The molecule has 0 spiro atoms. The van der Waals surface area contributed by atoms with Gasteiger partial charge in [0.05, 0.1) is 30.5 Å². The Morgan fingerprint density at radius 2 is 1.68 bits per heavy atom. The summed E-state index contributed by atoms with van der Waals surface area (Å²) >= 11 is 0. The molecular formula is C21H32O7. The van der Waals surface area contributed by atoms with Crippen LogP contribution in [0.15, 0.2) is 0 Å². The maximum absolute atomic E-state index is 13.6. The highest BCUT2D eigenvalue weighted by Gasteiger charge is 2.75. The number of aliphatic hydroxyl groups excluding tert-OH is 2.